The Labute approximate surface area is 118 Å². The Kier molecular flexibility index (Phi) is 6.53. The first-order chi connectivity index (χ1) is 8.97. The molecule has 0 aliphatic rings. The van der Waals surface area contributed by atoms with E-state index in [0.29, 0.717) is 5.92 Å². The third kappa shape index (κ3) is 5.75. The van der Waals surface area contributed by atoms with Crippen LogP contribution in [0.2, 0.25) is 0 Å². The molecule has 0 spiro atoms. The average Bonchev–Trinajstić information content (AvgIpc) is 2.38. The van der Waals surface area contributed by atoms with E-state index in [1.807, 2.05) is 0 Å². The zero-order valence-electron chi connectivity index (χ0n) is 13.0. The minimum Gasteiger partial charge on any atom is -0.330 e. The first-order valence-electron chi connectivity index (χ1n) is 7.47. The van der Waals surface area contributed by atoms with Gasteiger partial charge in [-0.25, -0.2) is 0 Å². The van der Waals surface area contributed by atoms with Crippen molar-refractivity contribution in [2.45, 2.75) is 46.0 Å². The second-order valence-electron chi connectivity index (χ2n) is 6.41. The van der Waals surface area contributed by atoms with Crippen LogP contribution in [0.25, 0.3) is 0 Å². The lowest BCUT2D eigenvalue weighted by Gasteiger charge is -2.19. The fourth-order valence-electron chi connectivity index (χ4n) is 2.10. The molecule has 0 radical (unpaired) electrons. The lowest BCUT2D eigenvalue weighted by Crippen LogP contribution is -2.29. The van der Waals surface area contributed by atoms with Gasteiger partial charge >= 0.3 is 0 Å². The third-order valence-corrected chi connectivity index (χ3v) is 3.75. The van der Waals surface area contributed by atoms with Crippen LogP contribution in [-0.4, -0.2) is 19.6 Å². The smallest absolute Gasteiger partial charge is 0.000823 e. The molecule has 1 rings (SSSR count). The first kappa shape index (κ1) is 16.2. The molecule has 1 aromatic carbocycles. The lowest BCUT2D eigenvalue weighted by atomic mass is 9.86. The van der Waals surface area contributed by atoms with Crippen molar-refractivity contribution < 1.29 is 0 Å². The van der Waals surface area contributed by atoms with Gasteiger partial charge in [0, 0.05) is 0 Å². The van der Waals surface area contributed by atoms with Crippen LogP contribution >= 0.6 is 0 Å². The molecule has 0 bridgehead atoms. The fraction of sp³-hybridized carbons (Fsp3) is 0.647. The van der Waals surface area contributed by atoms with Crippen LogP contribution in [0, 0.1) is 5.92 Å². The second kappa shape index (κ2) is 7.66. The lowest BCUT2D eigenvalue weighted by molar-refractivity contribution is 0.473. The molecule has 0 heterocycles. The maximum absolute atomic E-state index is 5.69. The van der Waals surface area contributed by atoms with E-state index in [4.69, 9.17) is 5.73 Å². The average molecular weight is 262 g/mol. The normalized spacial score (nSPS) is 13.5. The van der Waals surface area contributed by atoms with Gasteiger partial charge in [0.1, 0.15) is 0 Å². The van der Waals surface area contributed by atoms with Gasteiger partial charge in [-0.05, 0) is 48.5 Å². The molecule has 1 atom stereocenters. The summed E-state index contributed by atoms with van der Waals surface area (Å²) in [5, 5.41) is 3.50. The van der Waals surface area contributed by atoms with Crippen molar-refractivity contribution in [1.82, 2.24) is 5.32 Å². The van der Waals surface area contributed by atoms with Gasteiger partial charge in [0.15, 0.2) is 0 Å². The van der Waals surface area contributed by atoms with Crippen molar-refractivity contribution in [3.63, 3.8) is 0 Å². The van der Waals surface area contributed by atoms with Crippen molar-refractivity contribution in [3.05, 3.63) is 35.4 Å². The Bertz CT molecular complexity index is 345. The minimum absolute atomic E-state index is 0.242. The molecule has 3 N–H and O–H groups in total. The molecular formula is C17H30N2. The van der Waals surface area contributed by atoms with Gasteiger partial charge in [-0.15, -0.1) is 0 Å². The summed E-state index contributed by atoms with van der Waals surface area (Å²) in [5.41, 5.74) is 8.74. The van der Waals surface area contributed by atoms with E-state index in [0.717, 1.165) is 32.5 Å². The summed E-state index contributed by atoms with van der Waals surface area (Å²) in [7, 11) is 0. The maximum atomic E-state index is 5.69. The van der Waals surface area contributed by atoms with Crippen molar-refractivity contribution >= 4 is 0 Å². The van der Waals surface area contributed by atoms with E-state index < -0.39 is 0 Å². The number of nitrogens with one attached hydrogen (secondary N) is 1. The summed E-state index contributed by atoms with van der Waals surface area (Å²) < 4.78 is 0. The van der Waals surface area contributed by atoms with Crippen LogP contribution in [0.4, 0.5) is 0 Å². The van der Waals surface area contributed by atoms with Gasteiger partial charge in [0.05, 0.1) is 0 Å². The Morgan fingerprint density at radius 3 is 2.26 bits per heavy atom. The van der Waals surface area contributed by atoms with Crippen LogP contribution in [-0.2, 0) is 11.8 Å². The monoisotopic (exact) mass is 262 g/mol. The van der Waals surface area contributed by atoms with E-state index in [1.165, 1.54) is 11.1 Å². The van der Waals surface area contributed by atoms with Crippen molar-refractivity contribution in [2.75, 3.05) is 19.6 Å². The van der Waals surface area contributed by atoms with Crippen LogP contribution in [0.1, 0.15) is 45.2 Å². The summed E-state index contributed by atoms with van der Waals surface area (Å²) in [6.07, 6.45) is 2.25. The van der Waals surface area contributed by atoms with Crippen LogP contribution < -0.4 is 11.1 Å². The van der Waals surface area contributed by atoms with Crippen LogP contribution in [0.5, 0.6) is 0 Å². The predicted octanol–water partition coefficient (Wildman–Crippen LogP) is 3.10. The topological polar surface area (TPSA) is 38.0 Å². The van der Waals surface area contributed by atoms with Crippen molar-refractivity contribution in [1.29, 1.82) is 0 Å². The highest BCUT2D eigenvalue weighted by Crippen LogP contribution is 2.22. The predicted molar refractivity (Wildman–Crippen MR) is 84.6 cm³/mol. The van der Waals surface area contributed by atoms with Gasteiger partial charge in [-0.2, -0.15) is 0 Å². The molecule has 0 saturated carbocycles. The molecule has 0 fully saturated rings. The Morgan fingerprint density at radius 2 is 1.79 bits per heavy atom. The number of benzene rings is 1. The molecule has 1 unspecified atom stereocenters. The van der Waals surface area contributed by atoms with Gasteiger partial charge in [-0.3, -0.25) is 0 Å². The summed E-state index contributed by atoms with van der Waals surface area (Å²) in [6, 6.07) is 9.01. The largest absolute Gasteiger partial charge is 0.330 e. The van der Waals surface area contributed by atoms with Gasteiger partial charge < -0.3 is 11.1 Å². The molecular weight excluding hydrogens is 232 g/mol. The number of nitrogens with two attached hydrogens (primary N) is 1. The summed E-state index contributed by atoms with van der Waals surface area (Å²) >= 11 is 0. The van der Waals surface area contributed by atoms with Crippen LogP contribution in [0.3, 0.4) is 0 Å². The SMILES string of the molecule is CCC(CN)CNCCc1ccc(C(C)(C)C)cc1. The standard InChI is InChI=1S/C17H30N2/c1-5-14(12-18)13-19-11-10-15-6-8-16(9-7-15)17(2,3)4/h6-9,14,19H,5,10-13,18H2,1-4H3. The first-order valence-corrected chi connectivity index (χ1v) is 7.47. The molecule has 0 amide bonds. The highest BCUT2D eigenvalue weighted by atomic mass is 14.9. The van der Waals surface area contributed by atoms with E-state index in [9.17, 15) is 0 Å². The summed E-state index contributed by atoms with van der Waals surface area (Å²) in [4.78, 5) is 0. The molecule has 19 heavy (non-hydrogen) atoms. The number of rotatable bonds is 7. The van der Waals surface area contributed by atoms with Gasteiger partial charge in [-0.1, -0.05) is 58.4 Å². The van der Waals surface area contributed by atoms with Gasteiger partial charge in [0.25, 0.3) is 0 Å². The van der Waals surface area contributed by atoms with Crippen LogP contribution in [0.15, 0.2) is 24.3 Å². The zero-order valence-corrected chi connectivity index (χ0v) is 13.0. The Morgan fingerprint density at radius 1 is 1.16 bits per heavy atom. The Hall–Kier alpha value is -0.860. The Balaban J connectivity index is 2.34. The van der Waals surface area contributed by atoms with E-state index in [1.54, 1.807) is 0 Å². The molecule has 1 aromatic rings. The summed E-state index contributed by atoms with van der Waals surface area (Å²) in [5.74, 6) is 0.614. The molecule has 0 aliphatic heterocycles. The molecule has 2 heteroatoms. The molecule has 0 aliphatic carbocycles. The zero-order chi connectivity index (χ0) is 14.3. The second-order valence-corrected chi connectivity index (χ2v) is 6.41. The molecule has 0 aromatic heterocycles. The van der Waals surface area contributed by atoms with E-state index >= 15 is 0 Å². The summed E-state index contributed by atoms with van der Waals surface area (Å²) in [6.45, 7) is 11.8. The molecule has 108 valence electrons. The van der Waals surface area contributed by atoms with E-state index in [-0.39, 0.29) is 5.41 Å². The highest BCUT2D eigenvalue weighted by Gasteiger charge is 2.12. The minimum atomic E-state index is 0.242. The highest BCUT2D eigenvalue weighted by molar-refractivity contribution is 5.27. The molecule has 2 nitrogen and oxygen atoms in total. The quantitative estimate of drug-likeness (QED) is 0.741. The van der Waals surface area contributed by atoms with E-state index in [2.05, 4.69) is 57.3 Å². The number of hydrogen-bond donors (Lipinski definition) is 2. The van der Waals surface area contributed by atoms with Gasteiger partial charge in [0.2, 0.25) is 0 Å². The van der Waals surface area contributed by atoms with Crippen molar-refractivity contribution in [3.8, 4) is 0 Å². The van der Waals surface area contributed by atoms with Crippen molar-refractivity contribution in [2.24, 2.45) is 11.7 Å². The number of hydrogen-bond acceptors (Lipinski definition) is 2. The molecule has 0 saturated heterocycles. The third-order valence-electron chi connectivity index (χ3n) is 3.75. The fourth-order valence-corrected chi connectivity index (χ4v) is 2.10. The maximum Gasteiger partial charge on any atom is -0.000823 e.